The topological polar surface area (TPSA) is 75.4 Å². The average Bonchev–Trinajstić information content (AvgIpc) is 3.34. The van der Waals surface area contributed by atoms with Crippen LogP contribution in [0.2, 0.25) is 0 Å². The van der Waals surface area contributed by atoms with Gasteiger partial charge in [0.1, 0.15) is 13.1 Å². The highest BCUT2D eigenvalue weighted by atomic mass is 19.1. The molecular formula is C17H24FN4O2+. The number of hydrogen-bond acceptors (Lipinski definition) is 4. The maximum Gasteiger partial charge on any atom is 0.315 e. The van der Waals surface area contributed by atoms with Crippen molar-refractivity contribution in [2.75, 3.05) is 36.8 Å². The van der Waals surface area contributed by atoms with Crippen LogP contribution in [0.15, 0.2) is 12.1 Å². The molecule has 3 rings (SSSR count). The van der Waals surface area contributed by atoms with E-state index in [1.165, 1.54) is 19.9 Å². The van der Waals surface area contributed by atoms with Crippen LogP contribution in [0.25, 0.3) is 0 Å². The predicted molar refractivity (Wildman–Crippen MR) is 92.1 cm³/mol. The van der Waals surface area contributed by atoms with Crippen LogP contribution in [0.5, 0.6) is 0 Å². The molecule has 1 aromatic carbocycles. The lowest BCUT2D eigenvalue weighted by Gasteiger charge is -2.38. The molecule has 3 N–H and O–H groups in total. The number of benzene rings is 1. The van der Waals surface area contributed by atoms with E-state index in [-0.39, 0.29) is 28.0 Å². The third-order valence-electron chi connectivity index (χ3n) is 5.01. The Morgan fingerprint density at radius 3 is 2.38 bits per heavy atom. The molecule has 2 fully saturated rings. The third-order valence-corrected chi connectivity index (χ3v) is 5.01. The summed E-state index contributed by atoms with van der Waals surface area (Å²) in [6, 6.07) is 2.97. The molecular weight excluding hydrogens is 311 g/mol. The monoisotopic (exact) mass is 335 g/mol. The maximum atomic E-state index is 14.7. The lowest BCUT2D eigenvalue weighted by Crippen LogP contribution is -2.62. The van der Waals surface area contributed by atoms with Gasteiger partial charge in [-0.3, -0.25) is 4.79 Å². The summed E-state index contributed by atoms with van der Waals surface area (Å²) < 4.78 is 14.7. The number of amides is 2. The molecule has 130 valence electrons. The molecule has 0 radical (unpaired) electrons. The fourth-order valence-electron chi connectivity index (χ4n) is 3.56. The number of halogens is 1. The molecule has 1 saturated carbocycles. The standard InChI is InChI=1S/C17H24FN4O2/c1-11(23)21(13-3-4-13)16-10-17(14(18)9-15(16)19)22(12(2)24)7-5-20-6-8-22/h9-10,13,20H,3-8,19H2,1-2H3/q+1. The van der Waals surface area contributed by atoms with E-state index in [1.807, 2.05) is 0 Å². The van der Waals surface area contributed by atoms with E-state index in [0.717, 1.165) is 12.8 Å². The number of nitrogens with two attached hydrogens (primary N) is 1. The lowest BCUT2D eigenvalue weighted by molar-refractivity contribution is -0.128. The van der Waals surface area contributed by atoms with Gasteiger partial charge in [-0.1, -0.05) is 0 Å². The molecule has 1 saturated heterocycles. The predicted octanol–water partition coefficient (Wildman–Crippen LogP) is 1.38. The van der Waals surface area contributed by atoms with Gasteiger partial charge in [-0.2, -0.15) is 0 Å². The van der Waals surface area contributed by atoms with Crippen LogP contribution in [0, 0.1) is 5.82 Å². The van der Waals surface area contributed by atoms with Crippen molar-refractivity contribution in [2.45, 2.75) is 32.7 Å². The minimum atomic E-state index is -0.493. The Kier molecular flexibility index (Phi) is 4.31. The van der Waals surface area contributed by atoms with E-state index in [4.69, 9.17) is 5.73 Å². The molecule has 0 atom stereocenters. The van der Waals surface area contributed by atoms with Crippen LogP contribution < -0.4 is 20.4 Å². The summed E-state index contributed by atoms with van der Waals surface area (Å²) in [4.78, 5) is 26.1. The first-order valence-electron chi connectivity index (χ1n) is 8.35. The second-order valence-corrected chi connectivity index (χ2v) is 6.67. The van der Waals surface area contributed by atoms with E-state index in [1.54, 1.807) is 11.0 Å². The molecule has 0 spiro atoms. The van der Waals surface area contributed by atoms with Gasteiger partial charge in [0.05, 0.1) is 18.3 Å². The minimum Gasteiger partial charge on any atom is -0.397 e. The van der Waals surface area contributed by atoms with Gasteiger partial charge in [0, 0.05) is 38.2 Å². The van der Waals surface area contributed by atoms with E-state index in [0.29, 0.717) is 37.6 Å². The quantitative estimate of drug-likeness (QED) is 0.646. The molecule has 24 heavy (non-hydrogen) atoms. The number of carbonyl (C=O) groups excluding carboxylic acids is 2. The van der Waals surface area contributed by atoms with E-state index >= 15 is 0 Å². The Morgan fingerprint density at radius 2 is 1.88 bits per heavy atom. The van der Waals surface area contributed by atoms with Gasteiger partial charge in [-0.25, -0.2) is 13.7 Å². The molecule has 6 nitrogen and oxygen atoms in total. The van der Waals surface area contributed by atoms with Crippen LogP contribution in [0.3, 0.4) is 0 Å². The van der Waals surface area contributed by atoms with Crippen LogP contribution in [0.4, 0.5) is 21.5 Å². The van der Waals surface area contributed by atoms with Gasteiger partial charge in [0.15, 0.2) is 11.5 Å². The Labute approximate surface area is 141 Å². The number of carbonyl (C=O) groups is 2. The van der Waals surface area contributed by atoms with Gasteiger partial charge in [0.2, 0.25) is 5.91 Å². The summed E-state index contributed by atoms with van der Waals surface area (Å²) in [5.74, 6) is -0.712. The van der Waals surface area contributed by atoms with Crippen molar-refractivity contribution >= 4 is 28.9 Å². The van der Waals surface area contributed by atoms with Crippen molar-refractivity contribution in [3.8, 4) is 0 Å². The van der Waals surface area contributed by atoms with E-state index in [9.17, 15) is 14.0 Å². The van der Waals surface area contributed by atoms with Crippen molar-refractivity contribution in [1.29, 1.82) is 0 Å². The third kappa shape index (κ3) is 2.78. The molecule has 0 bridgehead atoms. The first-order chi connectivity index (χ1) is 11.4. The molecule has 1 heterocycles. The highest BCUT2D eigenvalue weighted by molar-refractivity contribution is 5.97. The largest absolute Gasteiger partial charge is 0.397 e. The zero-order chi connectivity index (χ0) is 17.5. The molecule has 2 aliphatic rings. The lowest BCUT2D eigenvalue weighted by atomic mass is 10.1. The van der Waals surface area contributed by atoms with Crippen molar-refractivity contribution in [3.05, 3.63) is 17.9 Å². The Balaban J connectivity index is 2.12. The second-order valence-electron chi connectivity index (χ2n) is 6.67. The van der Waals surface area contributed by atoms with Gasteiger partial charge < -0.3 is 16.0 Å². The van der Waals surface area contributed by atoms with Crippen LogP contribution in [-0.2, 0) is 9.59 Å². The maximum absolute atomic E-state index is 14.7. The highest BCUT2D eigenvalue weighted by Gasteiger charge is 2.42. The molecule has 1 aromatic rings. The van der Waals surface area contributed by atoms with E-state index < -0.39 is 5.82 Å². The van der Waals surface area contributed by atoms with Crippen LogP contribution in [0.1, 0.15) is 26.7 Å². The first kappa shape index (κ1) is 16.9. The molecule has 7 heteroatoms. The summed E-state index contributed by atoms with van der Waals surface area (Å²) in [5.41, 5.74) is 7.06. The van der Waals surface area contributed by atoms with Gasteiger partial charge in [0.25, 0.3) is 0 Å². The molecule has 0 aromatic heterocycles. The van der Waals surface area contributed by atoms with Gasteiger partial charge in [-0.05, 0) is 12.8 Å². The molecule has 1 aliphatic heterocycles. The first-order valence-corrected chi connectivity index (χ1v) is 8.35. The summed E-state index contributed by atoms with van der Waals surface area (Å²) in [6.45, 7) is 5.22. The zero-order valence-corrected chi connectivity index (χ0v) is 14.1. The van der Waals surface area contributed by atoms with Gasteiger partial charge in [-0.15, -0.1) is 0 Å². The number of rotatable bonds is 3. The number of nitrogens with zero attached hydrogens (tertiary/aromatic N) is 2. The van der Waals surface area contributed by atoms with E-state index in [2.05, 4.69) is 5.32 Å². The summed E-state index contributed by atoms with van der Waals surface area (Å²) in [6.07, 6.45) is 1.84. The highest BCUT2D eigenvalue weighted by Crippen LogP contribution is 2.40. The second kappa shape index (κ2) is 6.14. The average molecular weight is 335 g/mol. The normalized spacial score (nSPS) is 19.8. The SMILES string of the molecule is CC(=O)N(c1cc([N+]2(C(C)=O)CCNCC2)c(F)cc1N)C1CC1. The number of anilines is 2. The zero-order valence-electron chi connectivity index (χ0n) is 14.1. The fraction of sp³-hybridized carbons (Fsp3) is 0.529. The van der Waals surface area contributed by atoms with Crippen LogP contribution in [-0.4, -0.2) is 44.0 Å². The molecule has 2 amide bonds. The van der Waals surface area contributed by atoms with Gasteiger partial charge >= 0.3 is 5.91 Å². The van der Waals surface area contributed by atoms with Crippen molar-refractivity contribution in [2.24, 2.45) is 0 Å². The number of piperazine rings is 1. The summed E-state index contributed by atoms with van der Waals surface area (Å²) in [5, 5.41) is 3.20. The minimum absolute atomic E-state index is 0.0531. The Bertz CT molecular complexity index is 681. The molecule has 1 aliphatic carbocycles. The fourth-order valence-corrected chi connectivity index (χ4v) is 3.56. The summed E-state index contributed by atoms with van der Waals surface area (Å²) >= 11 is 0. The smallest absolute Gasteiger partial charge is 0.315 e. The molecule has 0 unspecified atom stereocenters. The van der Waals surface area contributed by atoms with Crippen LogP contribution >= 0.6 is 0 Å². The number of hydrogen-bond donors (Lipinski definition) is 2. The Hall–Kier alpha value is -1.99. The van der Waals surface area contributed by atoms with Crippen molar-refractivity contribution in [1.82, 2.24) is 9.80 Å². The number of nitrogens with one attached hydrogen (secondary N) is 1. The van der Waals surface area contributed by atoms with Crippen molar-refractivity contribution in [3.63, 3.8) is 0 Å². The Morgan fingerprint density at radius 1 is 1.25 bits per heavy atom. The van der Waals surface area contributed by atoms with Crippen molar-refractivity contribution < 1.29 is 14.0 Å². The number of quaternary nitrogens is 1. The summed E-state index contributed by atoms with van der Waals surface area (Å²) in [7, 11) is 0. The number of nitrogen functional groups attached to an aromatic ring is 1.